The van der Waals surface area contributed by atoms with Crippen LogP contribution in [0.5, 0.6) is 0 Å². The number of hydrogen-bond acceptors (Lipinski definition) is 3. The molecule has 0 unspecified atom stereocenters. The molecule has 1 aliphatic rings. The highest BCUT2D eigenvalue weighted by atomic mass is 16.1. The van der Waals surface area contributed by atoms with Gasteiger partial charge < -0.3 is 11.1 Å². The van der Waals surface area contributed by atoms with E-state index in [0.717, 1.165) is 26.1 Å². The molecule has 4 nitrogen and oxygen atoms in total. The third-order valence-corrected chi connectivity index (χ3v) is 3.35. The highest BCUT2D eigenvalue weighted by Crippen LogP contribution is 2.14. The van der Waals surface area contributed by atoms with Gasteiger partial charge in [-0.1, -0.05) is 29.8 Å². The first-order valence-electron chi connectivity index (χ1n) is 6.44. The summed E-state index contributed by atoms with van der Waals surface area (Å²) in [7, 11) is 0. The van der Waals surface area contributed by atoms with Crippen LogP contribution in [0.3, 0.4) is 0 Å². The molecule has 0 saturated carbocycles. The summed E-state index contributed by atoms with van der Waals surface area (Å²) in [6.07, 6.45) is 1.01. The molecule has 1 heterocycles. The monoisotopic (exact) mass is 247 g/mol. The van der Waals surface area contributed by atoms with Crippen molar-refractivity contribution in [2.45, 2.75) is 25.9 Å². The van der Waals surface area contributed by atoms with Gasteiger partial charge in [0.15, 0.2) is 0 Å². The maximum Gasteiger partial charge on any atom is 0.233 e. The molecule has 1 fully saturated rings. The number of carbonyl (C=O) groups is 1. The molecule has 98 valence electrons. The second-order valence-electron chi connectivity index (χ2n) is 4.98. The number of amides is 1. The molecule has 1 aromatic carbocycles. The van der Waals surface area contributed by atoms with Gasteiger partial charge >= 0.3 is 0 Å². The van der Waals surface area contributed by atoms with E-state index in [1.54, 1.807) is 0 Å². The van der Waals surface area contributed by atoms with Crippen LogP contribution in [0.1, 0.15) is 17.5 Å². The van der Waals surface area contributed by atoms with E-state index in [2.05, 4.69) is 41.4 Å². The molecule has 0 aromatic heterocycles. The fraction of sp³-hybridized carbons (Fsp3) is 0.500. The summed E-state index contributed by atoms with van der Waals surface area (Å²) in [5, 5.41) is 2.95. The van der Waals surface area contributed by atoms with Crippen LogP contribution in [0.25, 0.3) is 0 Å². The van der Waals surface area contributed by atoms with Crippen LogP contribution in [-0.2, 0) is 11.3 Å². The number of aryl methyl sites for hydroxylation is 1. The first-order valence-corrected chi connectivity index (χ1v) is 6.44. The predicted molar refractivity (Wildman–Crippen MR) is 72.1 cm³/mol. The number of likely N-dealkylation sites (tertiary alicyclic amines) is 1. The SMILES string of the molecule is Cc1ccc(CN2CC[C@@H](NC(=O)CN)C2)cc1. The van der Waals surface area contributed by atoms with Crippen molar-refractivity contribution in [1.82, 2.24) is 10.2 Å². The summed E-state index contributed by atoms with van der Waals surface area (Å²) in [5.41, 5.74) is 7.91. The van der Waals surface area contributed by atoms with Crippen LogP contribution >= 0.6 is 0 Å². The Balaban J connectivity index is 1.82. The van der Waals surface area contributed by atoms with Crippen LogP contribution in [-0.4, -0.2) is 36.5 Å². The van der Waals surface area contributed by atoms with Crippen LogP contribution in [0.15, 0.2) is 24.3 Å². The van der Waals surface area contributed by atoms with Gasteiger partial charge in [-0.05, 0) is 18.9 Å². The van der Waals surface area contributed by atoms with Crippen molar-refractivity contribution in [2.24, 2.45) is 5.73 Å². The van der Waals surface area contributed by atoms with E-state index < -0.39 is 0 Å². The zero-order valence-electron chi connectivity index (χ0n) is 10.9. The first kappa shape index (κ1) is 13.1. The van der Waals surface area contributed by atoms with Crippen LogP contribution in [0, 0.1) is 6.92 Å². The minimum atomic E-state index is -0.0582. The summed E-state index contributed by atoms with van der Waals surface area (Å²) in [6.45, 7) is 5.07. The topological polar surface area (TPSA) is 58.4 Å². The summed E-state index contributed by atoms with van der Waals surface area (Å²) in [4.78, 5) is 13.6. The molecule has 1 aromatic rings. The number of nitrogens with two attached hydrogens (primary N) is 1. The Hall–Kier alpha value is -1.39. The summed E-state index contributed by atoms with van der Waals surface area (Å²) in [5.74, 6) is -0.0582. The van der Waals surface area contributed by atoms with E-state index >= 15 is 0 Å². The normalized spacial score (nSPS) is 20.0. The van der Waals surface area contributed by atoms with Gasteiger partial charge in [0.1, 0.15) is 0 Å². The van der Waals surface area contributed by atoms with Crippen molar-refractivity contribution in [1.29, 1.82) is 0 Å². The van der Waals surface area contributed by atoms with Gasteiger partial charge in [-0.2, -0.15) is 0 Å². The second-order valence-corrected chi connectivity index (χ2v) is 4.98. The average Bonchev–Trinajstić information content (AvgIpc) is 2.79. The van der Waals surface area contributed by atoms with Gasteiger partial charge in [0.2, 0.25) is 5.91 Å². The van der Waals surface area contributed by atoms with Gasteiger partial charge in [-0.25, -0.2) is 0 Å². The Morgan fingerprint density at radius 2 is 2.17 bits per heavy atom. The summed E-state index contributed by atoms with van der Waals surface area (Å²) in [6, 6.07) is 8.87. The molecule has 1 saturated heterocycles. The average molecular weight is 247 g/mol. The zero-order valence-corrected chi connectivity index (χ0v) is 10.9. The maximum absolute atomic E-state index is 11.2. The maximum atomic E-state index is 11.2. The van der Waals surface area contributed by atoms with Crippen LogP contribution < -0.4 is 11.1 Å². The van der Waals surface area contributed by atoms with Gasteiger partial charge in [0.25, 0.3) is 0 Å². The lowest BCUT2D eigenvalue weighted by Crippen LogP contribution is -2.40. The third-order valence-electron chi connectivity index (χ3n) is 3.35. The van der Waals surface area contributed by atoms with E-state index in [1.807, 2.05) is 0 Å². The van der Waals surface area contributed by atoms with E-state index in [0.29, 0.717) is 0 Å². The fourth-order valence-electron chi connectivity index (χ4n) is 2.33. The van der Waals surface area contributed by atoms with Crippen LogP contribution in [0.4, 0.5) is 0 Å². The predicted octanol–water partition coefficient (Wildman–Crippen LogP) is 0.644. The lowest BCUT2D eigenvalue weighted by atomic mass is 10.1. The standard InChI is InChI=1S/C14H21N3O/c1-11-2-4-12(5-3-11)9-17-7-6-13(10-17)16-14(18)8-15/h2-5,13H,6-10,15H2,1H3,(H,16,18)/t13-/m1/s1. The minimum absolute atomic E-state index is 0.0582. The lowest BCUT2D eigenvalue weighted by Gasteiger charge is -2.16. The van der Waals surface area contributed by atoms with E-state index in [4.69, 9.17) is 5.73 Å². The van der Waals surface area contributed by atoms with Gasteiger partial charge in [-0.15, -0.1) is 0 Å². The molecule has 0 bridgehead atoms. The summed E-state index contributed by atoms with van der Waals surface area (Å²) >= 11 is 0. The van der Waals surface area contributed by atoms with E-state index in [1.165, 1.54) is 11.1 Å². The largest absolute Gasteiger partial charge is 0.351 e. The van der Waals surface area contributed by atoms with Crippen molar-refractivity contribution in [3.8, 4) is 0 Å². The van der Waals surface area contributed by atoms with Crippen molar-refractivity contribution in [2.75, 3.05) is 19.6 Å². The van der Waals surface area contributed by atoms with Gasteiger partial charge in [0, 0.05) is 25.7 Å². The number of benzene rings is 1. The number of nitrogens with zero attached hydrogens (tertiary/aromatic N) is 1. The molecule has 3 N–H and O–H groups in total. The van der Waals surface area contributed by atoms with Gasteiger partial charge in [0.05, 0.1) is 6.54 Å². The molecule has 0 aliphatic carbocycles. The Morgan fingerprint density at radius 1 is 1.44 bits per heavy atom. The second kappa shape index (κ2) is 5.98. The molecule has 0 spiro atoms. The molecule has 1 amide bonds. The highest BCUT2D eigenvalue weighted by molar-refractivity contribution is 5.78. The number of hydrogen-bond donors (Lipinski definition) is 2. The van der Waals surface area contributed by atoms with Crippen LogP contribution in [0.2, 0.25) is 0 Å². The molecular formula is C14H21N3O. The van der Waals surface area contributed by atoms with E-state index in [9.17, 15) is 4.79 Å². The third kappa shape index (κ3) is 3.55. The smallest absolute Gasteiger partial charge is 0.233 e. The van der Waals surface area contributed by atoms with Gasteiger partial charge in [-0.3, -0.25) is 9.69 Å². The molecule has 18 heavy (non-hydrogen) atoms. The quantitative estimate of drug-likeness (QED) is 0.821. The molecule has 2 rings (SSSR count). The van der Waals surface area contributed by atoms with E-state index in [-0.39, 0.29) is 18.5 Å². The number of carbonyl (C=O) groups excluding carboxylic acids is 1. The minimum Gasteiger partial charge on any atom is -0.351 e. The molecule has 1 aliphatic heterocycles. The molecule has 1 atom stereocenters. The Kier molecular flexibility index (Phi) is 4.33. The summed E-state index contributed by atoms with van der Waals surface area (Å²) < 4.78 is 0. The highest BCUT2D eigenvalue weighted by Gasteiger charge is 2.23. The van der Waals surface area contributed by atoms with Crippen molar-refractivity contribution >= 4 is 5.91 Å². The molecular weight excluding hydrogens is 226 g/mol. The fourth-order valence-corrected chi connectivity index (χ4v) is 2.33. The zero-order chi connectivity index (χ0) is 13.0. The lowest BCUT2D eigenvalue weighted by molar-refractivity contribution is -0.120. The molecule has 0 radical (unpaired) electrons. The molecule has 4 heteroatoms. The van der Waals surface area contributed by atoms with Crippen molar-refractivity contribution in [3.63, 3.8) is 0 Å². The number of nitrogens with one attached hydrogen (secondary N) is 1. The first-order chi connectivity index (χ1) is 8.67. The Labute approximate surface area is 108 Å². The van der Waals surface area contributed by atoms with Crippen molar-refractivity contribution < 1.29 is 4.79 Å². The van der Waals surface area contributed by atoms with Crippen molar-refractivity contribution in [3.05, 3.63) is 35.4 Å². The Bertz CT molecular complexity index is 402. The Morgan fingerprint density at radius 3 is 2.83 bits per heavy atom. The number of rotatable bonds is 4.